The molecule has 3 heteroatoms. The highest BCUT2D eigenvalue weighted by molar-refractivity contribution is 5.85. The van der Waals surface area contributed by atoms with Crippen LogP contribution in [-0.4, -0.2) is 23.0 Å². The van der Waals surface area contributed by atoms with Crippen LogP contribution >= 0.6 is 0 Å². The number of phenolic OH excluding ortho intramolecular Hbond substituents is 1. The van der Waals surface area contributed by atoms with Crippen LogP contribution in [0.2, 0.25) is 0 Å². The molecule has 0 aromatic heterocycles. The molecule has 6 rings (SSSR count). The van der Waals surface area contributed by atoms with Crippen LogP contribution in [0.4, 0.5) is 0 Å². The molecule has 152 valence electrons. The van der Waals surface area contributed by atoms with Gasteiger partial charge >= 0.3 is 0 Å². The van der Waals surface area contributed by atoms with E-state index in [2.05, 4.69) is 18.0 Å². The Balaban J connectivity index is 1.49. The number of phenols is 1. The summed E-state index contributed by atoms with van der Waals surface area (Å²) in [7, 11) is 0. The molecule has 2 aromatic carbocycles. The van der Waals surface area contributed by atoms with Crippen molar-refractivity contribution in [3.8, 4) is 5.75 Å². The summed E-state index contributed by atoms with van der Waals surface area (Å²) in [5.74, 6) is 2.94. The zero-order valence-corrected chi connectivity index (χ0v) is 17.2. The Morgan fingerprint density at radius 2 is 1.66 bits per heavy atom. The molecule has 0 spiro atoms. The average molecular weight is 390 g/mol. The summed E-state index contributed by atoms with van der Waals surface area (Å²) in [4.78, 5) is 4.64. The van der Waals surface area contributed by atoms with Crippen LogP contribution in [-0.2, 0) is 5.41 Å². The lowest BCUT2D eigenvalue weighted by atomic mass is 9.48. The van der Waals surface area contributed by atoms with Crippen molar-refractivity contribution in [3.63, 3.8) is 0 Å². The molecule has 0 saturated heterocycles. The smallest absolute Gasteiger partial charge is 0.128 e. The van der Waals surface area contributed by atoms with Gasteiger partial charge < -0.3 is 10.2 Å². The molecule has 2 N–H and O–H groups in total. The number of aliphatic hydroxyl groups is 1. The summed E-state index contributed by atoms with van der Waals surface area (Å²) in [5.41, 5.74) is 4.25. The predicted octanol–water partition coefficient (Wildman–Crippen LogP) is 5.32. The van der Waals surface area contributed by atoms with Crippen LogP contribution in [0.15, 0.2) is 47.5 Å². The number of aliphatic hydroxyl groups excluding tert-OH is 1. The van der Waals surface area contributed by atoms with Gasteiger partial charge in [-0.1, -0.05) is 36.4 Å². The molecule has 2 aromatic rings. The second-order valence-corrected chi connectivity index (χ2v) is 9.84. The number of hydrogen-bond donors (Lipinski definition) is 2. The second kappa shape index (κ2) is 7.28. The fourth-order valence-electron chi connectivity index (χ4n) is 6.83. The van der Waals surface area contributed by atoms with Crippen molar-refractivity contribution in [3.05, 3.63) is 64.7 Å². The van der Waals surface area contributed by atoms with E-state index in [4.69, 9.17) is 0 Å². The first-order chi connectivity index (χ1) is 14.1. The van der Waals surface area contributed by atoms with Crippen molar-refractivity contribution in [2.24, 2.45) is 22.7 Å². The van der Waals surface area contributed by atoms with Crippen molar-refractivity contribution in [2.75, 3.05) is 6.61 Å². The van der Waals surface area contributed by atoms with Gasteiger partial charge in [0.25, 0.3) is 0 Å². The molecule has 4 saturated carbocycles. The number of aliphatic imine (C=N–C) groups is 1. The minimum absolute atomic E-state index is 0.0467. The SMILES string of the molecule is Cc1cc(C=N[C@@H](CO)c2ccccc2)c(O)c(C23CC4CC(CC(C4)C2)C3)c1. The highest BCUT2D eigenvalue weighted by atomic mass is 16.3. The largest absolute Gasteiger partial charge is 0.507 e. The van der Waals surface area contributed by atoms with Crippen LogP contribution in [0.5, 0.6) is 5.75 Å². The normalized spacial score (nSPS) is 31.4. The fraction of sp³-hybridized carbons (Fsp3) is 0.500. The fourth-order valence-corrected chi connectivity index (χ4v) is 6.83. The molecule has 3 nitrogen and oxygen atoms in total. The molecule has 4 aliphatic rings. The molecule has 0 radical (unpaired) electrons. The molecule has 1 atom stereocenters. The monoisotopic (exact) mass is 389 g/mol. The number of benzene rings is 2. The molecular weight excluding hydrogens is 358 g/mol. The molecule has 0 heterocycles. The molecule has 0 aliphatic heterocycles. The predicted molar refractivity (Wildman–Crippen MR) is 117 cm³/mol. The summed E-state index contributed by atoms with van der Waals surface area (Å²) in [6, 6.07) is 13.8. The van der Waals surface area contributed by atoms with E-state index in [-0.39, 0.29) is 18.1 Å². The van der Waals surface area contributed by atoms with Gasteiger partial charge in [0, 0.05) is 17.3 Å². The maximum Gasteiger partial charge on any atom is 0.128 e. The van der Waals surface area contributed by atoms with E-state index >= 15 is 0 Å². The Bertz CT molecular complexity index is 883. The number of aryl methyl sites for hydroxylation is 1. The van der Waals surface area contributed by atoms with Crippen LogP contribution in [0.3, 0.4) is 0 Å². The van der Waals surface area contributed by atoms with Gasteiger partial charge in [0.2, 0.25) is 0 Å². The lowest BCUT2D eigenvalue weighted by molar-refractivity contribution is -0.00616. The molecule has 4 fully saturated rings. The van der Waals surface area contributed by atoms with E-state index in [9.17, 15) is 10.2 Å². The van der Waals surface area contributed by atoms with Gasteiger partial charge in [-0.2, -0.15) is 0 Å². The van der Waals surface area contributed by atoms with Crippen LogP contribution < -0.4 is 0 Å². The summed E-state index contributed by atoms with van der Waals surface area (Å²) in [5, 5.41) is 21.1. The van der Waals surface area contributed by atoms with Crippen molar-refractivity contribution < 1.29 is 10.2 Å². The summed E-state index contributed by atoms with van der Waals surface area (Å²) in [6.07, 6.45) is 9.65. The van der Waals surface area contributed by atoms with Gasteiger partial charge in [0.05, 0.1) is 12.6 Å². The van der Waals surface area contributed by atoms with E-state index in [0.717, 1.165) is 34.4 Å². The molecule has 0 amide bonds. The van der Waals surface area contributed by atoms with Crippen molar-refractivity contribution in [1.82, 2.24) is 0 Å². The first-order valence-electron chi connectivity index (χ1n) is 11.1. The van der Waals surface area contributed by atoms with Gasteiger partial charge in [-0.25, -0.2) is 0 Å². The molecule has 4 bridgehead atoms. The maximum atomic E-state index is 11.3. The van der Waals surface area contributed by atoms with Crippen molar-refractivity contribution >= 4 is 6.21 Å². The third kappa shape index (κ3) is 3.40. The standard InChI is InChI=1S/C26H31NO2/c1-17-7-22(15-27-24(16-28)21-5-3-2-4-6-21)25(29)23(8-17)26-12-18-9-19(13-26)11-20(10-18)14-26/h2-8,15,18-20,24,28-29H,9-14,16H2,1H3/t18?,19?,20?,24-,26?/m0/s1. The van der Waals surface area contributed by atoms with Gasteiger partial charge in [-0.3, -0.25) is 4.99 Å². The molecule has 29 heavy (non-hydrogen) atoms. The second-order valence-electron chi connectivity index (χ2n) is 9.84. The third-order valence-corrected chi connectivity index (χ3v) is 7.64. The zero-order chi connectivity index (χ0) is 20.0. The molecular formula is C26H31NO2. The van der Waals surface area contributed by atoms with E-state index < -0.39 is 0 Å². The minimum atomic E-state index is -0.306. The van der Waals surface area contributed by atoms with Crippen molar-refractivity contribution in [1.29, 1.82) is 0 Å². The number of hydrogen-bond acceptors (Lipinski definition) is 3. The zero-order valence-electron chi connectivity index (χ0n) is 17.2. The number of rotatable bonds is 5. The third-order valence-electron chi connectivity index (χ3n) is 7.64. The first-order valence-corrected chi connectivity index (χ1v) is 11.1. The van der Waals surface area contributed by atoms with Gasteiger partial charge in [-0.05, 0) is 85.8 Å². The van der Waals surface area contributed by atoms with Crippen LogP contribution in [0.1, 0.15) is 66.8 Å². The topological polar surface area (TPSA) is 52.8 Å². The van der Waals surface area contributed by atoms with Gasteiger partial charge in [0.15, 0.2) is 0 Å². The van der Waals surface area contributed by atoms with E-state index in [0.29, 0.717) is 5.75 Å². The van der Waals surface area contributed by atoms with Gasteiger partial charge in [0.1, 0.15) is 5.75 Å². The quantitative estimate of drug-likeness (QED) is 0.680. The Kier molecular flexibility index (Phi) is 4.74. The lowest BCUT2D eigenvalue weighted by Crippen LogP contribution is -2.48. The summed E-state index contributed by atoms with van der Waals surface area (Å²) in [6.45, 7) is 2.07. The Labute approximate surface area is 173 Å². The number of nitrogens with zero attached hydrogens (tertiary/aromatic N) is 1. The summed E-state index contributed by atoms with van der Waals surface area (Å²) >= 11 is 0. The number of aromatic hydroxyl groups is 1. The molecule has 0 unspecified atom stereocenters. The maximum absolute atomic E-state index is 11.3. The highest BCUT2D eigenvalue weighted by Crippen LogP contribution is 2.62. The Morgan fingerprint density at radius 3 is 2.24 bits per heavy atom. The van der Waals surface area contributed by atoms with E-state index in [1.54, 1.807) is 6.21 Å². The van der Waals surface area contributed by atoms with E-state index in [1.807, 2.05) is 36.4 Å². The first kappa shape index (κ1) is 18.9. The van der Waals surface area contributed by atoms with Crippen molar-refractivity contribution in [2.45, 2.75) is 56.9 Å². The van der Waals surface area contributed by atoms with Crippen LogP contribution in [0, 0.1) is 24.7 Å². The highest BCUT2D eigenvalue weighted by Gasteiger charge is 2.52. The minimum Gasteiger partial charge on any atom is -0.507 e. The summed E-state index contributed by atoms with van der Waals surface area (Å²) < 4.78 is 0. The Morgan fingerprint density at radius 1 is 1.03 bits per heavy atom. The average Bonchev–Trinajstić information content (AvgIpc) is 2.70. The molecule has 4 aliphatic carbocycles. The lowest BCUT2D eigenvalue weighted by Gasteiger charge is -2.57. The van der Waals surface area contributed by atoms with Gasteiger partial charge in [-0.15, -0.1) is 0 Å². The van der Waals surface area contributed by atoms with E-state index in [1.165, 1.54) is 44.1 Å². The Hall–Kier alpha value is -2.13. The van der Waals surface area contributed by atoms with Crippen LogP contribution in [0.25, 0.3) is 0 Å².